The number of hydrogen-bond donors (Lipinski definition) is 1. The predicted molar refractivity (Wildman–Crippen MR) is 96.8 cm³/mol. The van der Waals surface area contributed by atoms with E-state index in [1.54, 1.807) is 31.2 Å². The molecular formula is C18H16ClN3O4. The lowest BCUT2D eigenvalue weighted by molar-refractivity contribution is -0.125. The first-order chi connectivity index (χ1) is 12.4. The Hall–Kier alpha value is -2.93. The van der Waals surface area contributed by atoms with Gasteiger partial charge in [0.1, 0.15) is 17.6 Å². The van der Waals surface area contributed by atoms with Crippen LogP contribution in [0.3, 0.4) is 0 Å². The molecule has 1 aliphatic rings. The van der Waals surface area contributed by atoms with E-state index in [4.69, 9.17) is 16.3 Å². The van der Waals surface area contributed by atoms with E-state index in [1.165, 1.54) is 24.1 Å². The highest BCUT2D eigenvalue weighted by Gasteiger charge is 2.33. The molecule has 1 aliphatic heterocycles. The monoisotopic (exact) mass is 373 g/mol. The fraction of sp³-hybridized carbons (Fsp3) is 0.222. The van der Waals surface area contributed by atoms with Gasteiger partial charge in [0, 0.05) is 16.8 Å². The Morgan fingerprint density at radius 2 is 2.08 bits per heavy atom. The van der Waals surface area contributed by atoms with E-state index in [1.807, 2.05) is 0 Å². The number of amides is 2. The van der Waals surface area contributed by atoms with Crippen LogP contribution in [0, 0.1) is 0 Å². The highest BCUT2D eigenvalue weighted by molar-refractivity contribution is 6.30. The number of carbonyl (C=O) groups is 3. The van der Waals surface area contributed by atoms with E-state index in [-0.39, 0.29) is 24.1 Å². The Balaban J connectivity index is 1.90. The van der Waals surface area contributed by atoms with Gasteiger partial charge in [0.15, 0.2) is 12.4 Å². The molecule has 0 bridgehead atoms. The van der Waals surface area contributed by atoms with Crippen LogP contribution in [0.2, 0.25) is 5.02 Å². The van der Waals surface area contributed by atoms with Crippen LogP contribution in [-0.2, 0) is 9.59 Å². The molecule has 134 valence electrons. The fourth-order valence-electron chi connectivity index (χ4n) is 2.64. The third kappa shape index (κ3) is 3.52. The SMILES string of the molecule is CC(=O)c1ccc2c(c1)N(C(C)C(=O)Nc1cc(Cl)ccn1)C(=O)CO2. The van der Waals surface area contributed by atoms with Gasteiger partial charge in [0.2, 0.25) is 5.91 Å². The quantitative estimate of drug-likeness (QED) is 0.832. The molecule has 7 nitrogen and oxygen atoms in total. The molecule has 26 heavy (non-hydrogen) atoms. The molecule has 0 aliphatic carbocycles. The van der Waals surface area contributed by atoms with Crippen LogP contribution in [0.1, 0.15) is 24.2 Å². The number of aromatic nitrogens is 1. The normalized spacial score (nSPS) is 14.3. The number of hydrogen-bond acceptors (Lipinski definition) is 5. The summed E-state index contributed by atoms with van der Waals surface area (Å²) in [5.74, 6) is -0.233. The maximum atomic E-state index is 12.6. The van der Waals surface area contributed by atoms with Crippen molar-refractivity contribution in [3.05, 3.63) is 47.1 Å². The zero-order valence-electron chi connectivity index (χ0n) is 14.2. The number of benzene rings is 1. The summed E-state index contributed by atoms with van der Waals surface area (Å²) in [6.45, 7) is 2.84. The van der Waals surface area contributed by atoms with Gasteiger partial charge in [0.05, 0.1) is 5.69 Å². The number of rotatable bonds is 4. The van der Waals surface area contributed by atoms with Gasteiger partial charge in [-0.05, 0) is 44.2 Å². The maximum Gasteiger partial charge on any atom is 0.265 e. The zero-order chi connectivity index (χ0) is 18.8. The molecule has 8 heteroatoms. The first-order valence-electron chi connectivity index (χ1n) is 7.89. The average molecular weight is 374 g/mol. The molecule has 2 heterocycles. The molecule has 0 fully saturated rings. The summed E-state index contributed by atoms with van der Waals surface area (Å²) in [6.07, 6.45) is 1.47. The van der Waals surface area contributed by atoms with Crippen LogP contribution in [0.25, 0.3) is 0 Å². The van der Waals surface area contributed by atoms with Crippen molar-refractivity contribution >= 4 is 40.7 Å². The van der Waals surface area contributed by atoms with Crippen molar-refractivity contribution in [1.29, 1.82) is 0 Å². The molecule has 1 aromatic carbocycles. The number of halogens is 1. The van der Waals surface area contributed by atoms with Crippen molar-refractivity contribution in [1.82, 2.24) is 4.98 Å². The second-order valence-corrected chi connectivity index (χ2v) is 6.25. The Bertz CT molecular complexity index is 900. The first kappa shape index (κ1) is 17.9. The second-order valence-electron chi connectivity index (χ2n) is 5.82. The van der Waals surface area contributed by atoms with Crippen molar-refractivity contribution in [3.8, 4) is 5.75 Å². The predicted octanol–water partition coefficient (Wildman–Crippen LogP) is 2.69. The Labute approximate surface area is 154 Å². The molecule has 0 radical (unpaired) electrons. The summed E-state index contributed by atoms with van der Waals surface area (Å²) in [5, 5.41) is 3.06. The number of pyridine rings is 1. The largest absolute Gasteiger partial charge is 0.482 e. The van der Waals surface area contributed by atoms with E-state index in [9.17, 15) is 14.4 Å². The molecule has 0 saturated heterocycles. The highest BCUT2D eigenvalue weighted by atomic mass is 35.5. The number of nitrogens with one attached hydrogen (secondary N) is 1. The molecule has 3 rings (SSSR count). The lowest BCUT2D eigenvalue weighted by Gasteiger charge is -2.33. The minimum absolute atomic E-state index is 0.147. The lowest BCUT2D eigenvalue weighted by Crippen LogP contribution is -2.49. The fourth-order valence-corrected chi connectivity index (χ4v) is 2.80. The third-order valence-electron chi connectivity index (χ3n) is 3.98. The third-order valence-corrected chi connectivity index (χ3v) is 4.22. The Morgan fingerprint density at radius 1 is 1.31 bits per heavy atom. The molecule has 1 N–H and O–H groups in total. The number of nitrogens with zero attached hydrogens (tertiary/aromatic N) is 2. The van der Waals surface area contributed by atoms with E-state index in [0.717, 1.165) is 0 Å². The summed E-state index contributed by atoms with van der Waals surface area (Å²) in [6, 6.07) is 7.05. The average Bonchev–Trinajstić information content (AvgIpc) is 2.60. The van der Waals surface area contributed by atoms with Gasteiger partial charge in [0.25, 0.3) is 5.91 Å². The van der Waals surface area contributed by atoms with E-state index in [0.29, 0.717) is 22.0 Å². The number of carbonyl (C=O) groups excluding carboxylic acids is 3. The highest BCUT2D eigenvalue weighted by Crippen LogP contribution is 2.34. The van der Waals surface area contributed by atoms with E-state index < -0.39 is 11.9 Å². The summed E-state index contributed by atoms with van der Waals surface area (Å²) >= 11 is 5.89. The van der Waals surface area contributed by atoms with Crippen molar-refractivity contribution in [2.24, 2.45) is 0 Å². The summed E-state index contributed by atoms with van der Waals surface area (Å²) in [5.41, 5.74) is 0.812. The van der Waals surface area contributed by atoms with Gasteiger partial charge in [-0.25, -0.2) is 4.98 Å². The second kappa shape index (κ2) is 7.13. The minimum atomic E-state index is -0.840. The number of fused-ring (bicyclic) bond motifs is 1. The van der Waals surface area contributed by atoms with Crippen LogP contribution in [0.15, 0.2) is 36.5 Å². The molecule has 0 saturated carbocycles. The summed E-state index contributed by atoms with van der Waals surface area (Å²) in [7, 11) is 0. The molecule has 1 atom stereocenters. The molecule has 2 aromatic rings. The molecule has 2 amide bonds. The van der Waals surface area contributed by atoms with Crippen LogP contribution >= 0.6 is 11.6 Å². The summed E-state index contributed by atoms with van der Waals surface area (Å²) in [4.78, 5) is 42.0. The van der Waals surface area contributed by atoms with Crippen LogP contribution < -0.4 is 15.0 Å². The number of Topliss-reactive ketones (excluding diaryl/α,β-unsaturated/α-hetero) is 1. The van der Waals surface area contributed by atoms with Gasteiger partial charge in [-0.1, -0.05) is 11.6 Å². The van der Waals surface area contributed by atoms with Gasteiger partial charge in [-0.2, -0.15) is 0 Å². The summed E-state index contributed by atoms with van der Waals surface area (Å²) < 4.78 is 5.40. The molecule has 1 aromatic heterocycles. The van der Waals surface area contributed by atoms with Gasteiger partial charge in [-0.15, -0.1) is 0 Å². The lowest BCUT2D eigenvalue weighted by atomic mass is 10.1. The van der Waals surface area contributed by atoms with Crippen molar-refractivity contribution < 1.29 is 19.1 Å². The zero-order valence-corrected chi connectivity index (χ0v) is 14.9. The topological polar surface area (TPSA) is 88.6 Å². The number of anilines is 2. The molecule has 1 unspecified atom stereocenters. The minimum Gasteiger partial charge on any atom is -0.482 e. The van der Waals surface area contributed by atoms with E-state index >= 15 is 0 Å². The van der Waals surface area contributed by atoms with Gasteiger partial charge >= 0.3 is 0 Å². The van der Waals surface area contributed by atoms with E-state index in [2.05, 4.69) is 10.3 Å². The van der Waals surface area contributed by atoms with Crippen molar-refractivity contribution in [2.45, 2.75) is 19.9 Å². The molecular weight excluding hydrogens is 358 g/mol. The van der Waals surface area contributed by atoms with Crippen LogP contribution in [0.5, 0.6) is 5.75 Å². The maximum absolute atomic E-state index is 12.6. The first-order valence-corrected chi connectivity index (χ1v) is 8.27. The van der Waals surface area contributed by atoms with Crippen molar-refractivity contribution in [2.75, 3.05) is 16.8 Å². The Morgan fingerprint density at radius 3 is 2.77 bits per heavy atom. The van der Waals surface area contributed by atoms with Crippen LogP contribution in [-0.4, -0.2) is 35.2 Å². The molecule has 0 spiro atoms. The number of ether oxygens (including phenoxy) is 1. The Kier molecular flexibility index (Phi) is 4.90. The smallest absolute Gasteiger partial charge is 0.265 e. The van der Waals surface area contributed by atoms with Gasteiger partial charge < -0.3 is 10.1 Å². The van der Waals surface area contributed by atoms with Crippen LogP contribution in [0.4, 0.5) is 11.5 Å². The van der Waals surface area contributed by atoms with Gasteiger partial charge in [-0.3, -0.25) is 19.3 Å². The van der Waals surface area contributed by atoms with Crippen molar-refractivity contribution in [3.63, 3.8) is 0 Å². The standard InChI is InChI=1S/C18H16ClN3O4/c1-10(18(25)21-16-8-13(19)5-6-20-16)22-14-7-12(11(2)23)3-4-15(14)26-9-17(22)24/h3-8,10H,9H2,1-2H3,(H,20,21,25). The number of ketones is 1.